The Morgan fingerprint density at radius 1 is 1.05 bits per heavy atom. The molecule has 0 amide bonds. The van der Waals surface area contributed by atoms with E-state index in [9.17, 15) is 0 Å². The summed E-state index contributed by atoms with van der Waals surface area (Å²) in [5.74, 6) is 0. The summed E-state index contributed by atoms with van der Waals surface area (Å²) in [5, 5.41) is 7.92. The molecule has 2 rings (SSSR count). The third kappa shape index (κ3) is 5.45. The lowest BCUT2D eigenvalue weighted by molar-refractivity contribution is 0.279. The zero-order valence-corrected chi connectivity index (χ0v) is 13.0. The van der Waals surface area contributed by atoms with Gasteiger partial charge >= 0.3 is 0 Å². The van der Waals surface area contributed by atoms with Gasteiger partial charge < -0.3 is 5.32 Å². The summed E-state index contributed by atoms with van der Waals surface area (Å²) in [5.41, 5.74) is 2.84. The van der Waals surface area contributed by atoms with Crippen molar-refractivity contribution in [1.82, 2.24) is 10.2 Å². The van der Waals surface area contributed by atoms with E-state index >= 15 is 0 Å². The Morgan fingerprint density at radius 2 is 1.90 bits per heavy atom. The summed E-state index contributed by atoms with van der Waals surface area (Å²) in [4.78, 5) is 2.48. The van der Waals surface area contributed by atoms with Gasteiger partial charge in [-0.15, -0.1) is 0 Å². The van der Waals surface area contributed by atoms with Crippen LogP contribution in [0, 0.1) is 0 Å². The van der Waals surface area contributed by atoms with Gasteiger partial charge in [0.15, 0.2) is 0 Å². The molecule has 0 spiro atoms. The van der Waals surface area contributed by atoms with E-state index in [1.807, 2.05) is 0 Å². The molecule has 2 nitrogen and oxygen atoms in total. The SMILES string of the molecule is CCN(CCNCCc1ccsc1)Cc1ccccc1. The maximum Gasteiger partial charge on any atom is 0.0234 e. The van der Waals surface area contributed by atoms with Gasteiger partial charge in [-0.2, -0.15) is 11.3 Å². The fourth-order valence-corrected chi connectivity index (χ4v) is 2.92. The predicted octanol–water partition coefficient (Wildman–Crippen LogP) is 3.40. The first-order chi connectivity index (χ1) is 9.88. The van der Waals surface area contributed by atoms with Crippen LogP contribution < -0.4 is 5.32 Å². The van der Waals surface area contributed by atoms with E-state index in [1.165, 1.54) is 11.1 Å². The van der Waals surface area contributed by atoms with Crippen molar-refractivity contribution in [3.63, 3.8) is 0 Å². The van der Waals surface area contributed by atoms with Crippen molar-refractivity contribution in [3.05, 3.63) is 58.3 Å². The van der Waals surface area contributed by atoms with Gasteiger partial charge in [0, 0.05) is 19.6 Å². The Kier molecular flexibility index (Phi) is 6.78. The zero-order chi connectivity index (χ0) is 14.0. The Labute approximate surface area is 126 Å². The number of nitrogens with zero attached hydrogens (tertiary/aromatic N) is 1. The lowest BCUT2D eigenvalue weighted by atomic mass is 10.2. The molecule has 3 heteroatoms. The second kappa shape index (κ2) is 8.90. The minimum Gasteiger partial charge on any atom is -0.315 e. The van der Waals surface area contributed by atoms with Gasteiger partial charge in [0.05, 0.1) is 0 Å². The quantitative estimate of drug-likeness (QED) is 0.711. The van der Waals surface area contributed by atoms with Crippen LogP contribution in [-0.4, -0.2) is 31.1 Å². The molecule has 1 heterocycles. The molecule has 1 aromatic carbocycles. The molecule has 0 bridgehead atoms. The van der Waals surface area contributed by atoms with Crippen LogP contribution in [0.5, 0.6) is 0 Å². The van der Waals surface area contributed by atoms with Gasteiger partial charge in [0.1, 0.15) is 0 Å². The number of hydrogen-bond acceptors (Lipinski definition) is 3. The van der Waals surface area contributed by atoms with Crippen molar-refractivity contribution >= 4 is 11.3 Å². The summed E-state index contributed by atoms with van der Waals surface area (Å²) >= 11 is 1.78. The van der Waals surface area contributed by atoms with Crippen molar-refractivity contribution in [3.8, 4) is 0 Å². The third-order valence-electron chi connectivity index (χ3n) is 3.47. The minimum absolute atomic E-state index is 1.05. The highest BCUT2D eigenvalue weighted by atomic mass is 32.1. The average molecular weight is 288 g/mol. The molecule has 0 aliphatic heterocycles. The topological polar surface area (TPSA) is 15.3 Å². The van der Waals surface area contributed by atoms with Gasteiger partial charge in [-0.1, -0.05) is 37.3 Å². The van der Waals surface area contributed by atoms with Crippen molar-refractivity contribution in [2.75, 3.05) is 26.2 Å². The fraction of sp³-hybridized carbons (Fsp3) is 0.412. The van der Waals surface area contributed by atoms with Crippen LogP contribution in [0.15, 0.2) is 47.2 Å². The summed E-state index contributed by atoms with van der Waals surface area (Å²) in [7, 11) is 0. The van der Waals surface area contributed by atoms with E-state index in [0.717, 1.165) is 39.1 Å². The number of likely N-dealkylation sites (N-methyl/N-ethyl adjacent to an activating group) is 1. The Balaban J connectivity index is 1.61. The monoisotopic (exact) mass is 288 g/mol. The normalized spacial score (nSPS) is 11.1. The van der Waals surface area contributed by atoms with E-state index in [2.05, 4.69) is 64.3 Å². The first-order valence-electron chi connectivity index (χ1n) is 7.36. The van der Waals surface area contributed by atoms with Crippen LogP contribution in [0.2, 0.25) is 0 Å². The second-order valence-electron chi connectivity index (χ2n) is 4.99. The summed E-state index contributed by atoms with van der Waals surface area (Å²) in [6, 6.07) is 12.9. The average Bonchev–Trinajstić information content (AvgIpc) is 3.00. The predicted molar refractivity (Wildman–Crippen MR) is 88.3 cm³/mol. The third-order valence-corrected chi connectivity index (χ3v) is 4.20. The molecule has 2 aromatic rings. The molecule has 0 saturated heterocycles. The first kappa shape index (κ1) is 15.2. The Hall–Kier alpha value is -1.16. The van der Waals surface area contributed by atoms with Crippen LogP contribution in [-0.2, 0) is 13.0 Å². The maximum absolute atomic E-state index is 3.54. The van der Waals surface area contributed by atoms with Crippen LogP contribution in [0.3, 0.4) is 0 Å². The first-order valence-corrected chi connectivity index (χ1v) is 8.31. The molecule has 20 heavy (non-hydrogen) atoms. The number of rotatable bonds is 9. The Morgan fingerprint density at radius 3 is 2.60 bits per heavy atom. The smallest absolute Gasteiger partial charge is 0.0234 e. The van der Waals surface area contributed by atoms with E-state index in [1.54, 1.807) is 11.3 Å². The highest BCUT2D eigenvalue weighted by Gasteiger charge is 2.02. The molecule has 108 valence electrons. The summed E-state index contributed by atoms with van der Waals surface area (Å²) < 4.78 is 0. The van der Waals surface area contributed by atoms with Gasteiger partial charge in [0.2, 0.25) is 0 Å². The van der Waals surface area contributed by atoms with Gasteiger partial charge in [0.25, 0.3) is 0 Å². The number of hydrogen-bond donors (Lipinski definition) is 1. The molecular weight excluding hydrogens is 264 g/mol. The number of thiophene rings is 1. The van der Waals surface area contributed by atoms with E-state index in [4.69, 9.17) is 0 Å². The molecule has 1 aromatic heterocycles. The largest absolute Gasteiger partial charge is 0.315 e. The fourth-order valence-electron chi connectivity index (χ4n) is 2.22. The maximum atomic E-state index is 3.54. The van der Waals surface area contributed by atoms with Crippen LogP contribution >= 0.6 is 11.3 Å². The molecule has 0 unspecified atom stereocenters. The van der Waals surface area contributed by atoms with Crippen LogP contribution in [0.25, 0.3) is 0 Å². The van der Waals surface area contributed by atoms with Crippen LogP contribution in [0.4, 0.5) is 0 Å². The molecule has 0 atom stereocenters. The van der Waals surface area contributed by atoms with Gasteiger partial charge in [-0.3, -0.25) is 4.90 Å². The lowest BCUT2D eigenvalue weighted by Crippen LogP contribution is -2.32. The van der Waals surface area contributed by atoms with Crippen molar-refractivity contribution in [2.24, 2.45) is 0 Å². The molecule has 0 radical (unpaired) electrons. The highest BCUT2D eigenvalue weighted by molar-refractivity contribution is 7.07. The molecule has 0 aliphatic rings. The van der Waals surface area contributed by atoms with E-state index in [-0.39, 0.29) is 0 Å². The molecular formula is C17H24N2S. The Bertz CT molecular complexity index is 453. The van der Waals surface area contributed by atoms with Gasteiger partial charge in [-0.05, 0) is 47.5 Å². The van der Waals surface area contributed by atoms with E-state index in [0.29, 0.717) is 0 Å². The summed E-state index contributed by atoms with van der Waals surface area (Å²) in [6.07, 6.45) is 1.13. The summed E-state index contributed by atoms with van der Waals surface area (Å²) in [6.45, 7) is 7.61. The zero-order valence-electron chi connectivity index (χ0n) is 12.2. The van der Waals surface area contributed by atoms with Gasteiger partial charge in [-0.25, -0.2) is 0 Å². The highest BCUT2D eigenvalue weighted by Crippen LogP contribution is 2.06. The molecule has 0 saturated carbocycles. The second-order valence-corrected chi connectivity index (χ2v) is 5.77. The lowest BCUT2D eigenvalue weighted by Gasteiger charge is -2.20. The molecule has 0 aliphatic carbocycles. The van der Waals surface area contributed by atoms with E-state index < -0.39 is 0 Å². The van der Waals surface area contributed by atoms with Crippen molar-refractivity contribution in [2.45, 2.75) is 19.9 Å². The number of benzene rings is 1. The standard InChI is InChI=1S/C17H24N2S/c1-2-19(14-16-6-4-3-5-7-16)12-11-18-10-8-17-9-13-20-15-17/h3-7,9,13,15,18H,2,8,10-12,14H2,1H3. The van der Waals surface area contributed by atoms with Crippen molar-refractivity contribution < 1.29 is 0 Å². The number of nitrogens with one attached hydrogen (secondary N) is 1. The van der Waals surface area contributed by atoms with Crippen molar-refractivity contribution in [1.29, 1.82) is 0 Å². The minimum atomic E-state index is 1.05. The molecule has 1 N–H and O–H groups in total. The van der Waals surface area contributed by atoms with Crippen LogP contribution in [0.1, 0.15) is 18.1 Å². The molecule has 0 fully saturated rings.